The Bertz CT molecular complexity index is 1620. The Morgan fingerprint density at radius 2 is 1.75 bits per heavy atom. The van der Waals surface area contributed by atoms with Gasteiger partial charge >= 0.3 is 6.03 Å². The summed E-state index contributed by atoms with van der Waals surface area (Å²) >= 11 is 0. The number of aromatic nitrogens is 4. The molecule has 5 aromatic rings. The van der Waals surface area contributed by atoms with Crippen LogP contribution < -0.4 is 10.6 Å². The molecule has 36 heavy (non-hydrogen) atoms. The van der Waals surface area contributed by atoms with Gasteiger partial charge in [0.25, 0.3) is 0 Å². The van der Waals surface area contributed by atoms with Gasteiger partial charge in [-0.2, -0.15) is 5.10 Å². The lowest BCUT2D eigenvalue weighted by molar-refractivity contribution is 0.103. The van der Waals surface area contributed by atoms with E-state index in [4.69, 9.17) is 0 Å². The molecule has 3 aromatic carbocycles. The quantitative estimate of drug-likeness (QED) is 0.335. The number of carbonyl (C=O) groups is 2. The van der Waals surface area contributed by atoms with Crippen molar-refractivity contribution in [1.82, 2.24) is 19.7 Å². The Labute approximate surface area is 201 Å². The van der Waals surface area contributed by atoms with Gasteiger partial charge in [-0.25, -0.2) is 27.6 Å². The Balaban J connectivity index is 1.44. The third kappa shape index (κ3) is 4.49. The second-order valence-electron chi connectivity index (χ2n) is 7.58. The van der Waals surface area contributed by atoms with Crippen molar-refractivity contribution in [2.45, 2.75) is 0 Å². The Kier molecular flexibility index (Phi) is 5.87. The number of nitrogens with zero attached hydrogens (tertiary/aromatic N) is 4. The fourth-order valence-corrected chi connectivity index (χ4v) is 3.51. The van der Waals surface area contributed by atoms with E-state index in [0.717, 1.165) is 18.2 Å². The van der Waals surface area contributed by atoms with Crippen molar-refractivity contribution < 1.29 is 22.8 Å². The van der Waals surface area contributed by atoms with Crippen molar-refractivity contribution in [3.05, 3.63) is 108 Å². The number of benzene rings is 3. The summed E-state index contributed by atoms with van der Waals surface area (Å²) in [4.78, 5) is 34.0. The summed E-state index contributed by atoms with van der Waals surface area (Å²) in [5, 5.41) is 8.61. The van der Waals surface area contributed by atoms with E-state index in [0.29, 0.717) is 16.9 Å². The highest BCUT2D eigenvalue weighted by Gasteiger charge is 2.23. The Morgan fingerprint density at radius 3 is 2.53 bits per heavy atom. The zero-order valence-electron chi connectivity index (χ0n) is 18.2. The first-order chi connectivity index (χ1) is 17.4. The number of hydrogen-bond acceptors (Lipinski definition) is 5. The number of fused-ring (bicyclic) bond motifs is 1. The molecule has 0 saturated heterocycles. The van der Waals surface area contributed by atoms with Gasteiger partial charge < -0.3 is 10.6 Å². The second kappa shape index (κ2) is 9.29. The molecular weight excluding hydrogens is 473 g/mol. The minimum absolute atomic E-state index is 0.0337. The van der Waals surface area contributed by atoms with Crippen LogP contribution >= 0.6 is 0 Å². The number of rotatable bonds is 5. The van der Waals surface area contributed by atoms with Crippen LogP contribution in [0.3, 0.4) is 0 Å². The van der Waals surface area contributed by atoms with Gasteiger partial charge in [0.05, 0.1) is 28.5 Å². The van der Waals surface area contributed by atoms with E-state index in [1.807, 2.05) is 0 Å². The summed E-state index contributed by atoms with van der Waals surface area (Å²) in [6.45, 7) is 0. The number of halogens is 3. The summed E-state index contributed by atoms with van der Waals surface area (Å²) in [7, 11) is 0. The molecular formula is C25H15F3N6O2. The van der Waals surface area contributed by atoms with Gasteiger partial charge in [0, 0.05) is 23.6 Å². The van der Waals surface area contributed by atoms with Crippen LogP contribution in [-0.2, 0) is 0 Å². The number of carbonyl (C=O) groups excluding carboxylic acids is 2. The first-order valence-electron chi connectivity index (χ1n) is 10.5. The van der Waals surface area contributed by atoms with E-state index in [2.05, 4.69) is 25.7 Å². The Hall–Kier alpha value is -5.06. The van der Waals surface area contributed by atoms with Gasteiger partial charge in [0.1, 0.15) is 11.6 Å². The molecule has 0 saturated carbocycles. The van der Waals surface area contributed by atoms with Crippen molar-refractivity contribution in [2.24, 2.45) is 0 Å². The van der Waals surface area contributed by atoms with Crippen LogP contribution in [0.1, 0.15) is 15.9 Å². The number of hydrogen-bond donors (Lipinski definition) is 2. The summed E-state index contributed by atoms with van der Waals surface area (Å²) in [6.07, 6.45) is 4.73. The SMILES string of the molecule is O=C(Nc1cccc(F)c1)Nc1ccc(F)c(C(=O)c2ccc3ncc(-n4cccn4)nc3c2)c1F. The molecule has 0 bridgehead atoms. The summed E-state index contributed by atoms with van der Waals surface area (Å²) in [6, 6.07) is 12.0. The van der Waals surface area contributed by atoms with Crippen LogP contribution in [-0.4, -0.2) is 31.6 Å². The Morgan fingerprint density at radius 1 is 0.889 bits per heavy atom. The van der Waals surface area contributed by atoms with Crippen LogP contribution in [0.2, 0.25) is 0 Å². The van der Waals surface area contributed by atoms with Crippen molar-refractivity contribution >= 4 is 34.2 Å². The topological polar surface area (TPSA) is 102 Å². The van der Waals surface area contributed by atoms with Crippen LogP contribution in [0.4, 0.5) is 29.3 Å². The van der Waals surface area contributed by atoms with E-state index in [9.17, 15) is 18.4 Å². The van der Waals surface area contributed by atoms with Gasteiger partial charge in [-0.05, 0) is 54.6 Å². The molecule has 11 heteroatoms. The van der Waals surface area contributed by atoms with E-state index < -0.39 is 40.5 Å². The maximum Gasteiger partial charge on any atom is 0.323 e. The average Bonchev–Trinajstić information content (AvgIpc) is 3.40. The predicted octanol–water partition coefficient (Wildman–Crippen LogP) is 5.11. The van der Waals surface area contributed by atoms with Crippen LogP contribution in [0.5, 0.6) is 0 Å². The number of ketones is 1. The minimum atomic E-state index is -1.26. The smallest absolute Gasteiger partial charge is 0.308 e. The normalized spacial score (nSPS) is 10.9. The fourth-order valence-electron chi connectivity index (χ4n) is 3.51. The van der Waals surface area contributed by atoms with Crippen LogP contribution in [0, 0.1) is 17.5 Å². The summed E-state index contributed by atoms with van der Waals surface area (Å²) < 4.78 is 44.6. The van der Waals surface area contributed by atoms with Gasteiger partial charge in [0.15, 0.2) is 17.4 Å². The minimum Gasteiger partial charge on any atom is -0.308 e. The van der Waals surface area contributed by atoms with Gasteiger partial charge in [-0.1, -0.05) is 6.07 Å². The first kappa shape index (κ1) is 22.7. The van der Waals surface area contributed by atoms with Crippen LogP contribution in [0.15, 0.2) is 79.3 Å². The zero-order valence-corrected chi connectivity index (χ0v) is 18.2. The molecule has 2 amide bonds. The summed E-state index contributed by atoms with van der Waals surface area (Å²) in [5.41, 5.74) is -0.415. The van der Waals surface area contributed by atoms with Crippen molar-refractivity contribution in [3.63, 3.8) is 0 Å². The molecule has 0 radical (unpaired) electrons. The number of anilines is 2. The van der Waals surface area contributed by atoms with E-state index in [1.54, 1.807) is 18.5 Å². The highest BCUT2D eigenvalue weighted by Crippen LogP contribution is 2.25. The monoisotopic (exact) mass is 488 g/mol. The largest absolute Gasteiger partial charge is 0.323 e. The highest BCUT2D eigenvalue weighted by molar-refractivity contribution is 6.11. The molecule has 0 spiro atoms. The van der Waals surface area contributed by atoms with Gasteiger partial charge in [-0.15, -0.1) is 0 Å². The lowest BCUT2D eigenvalue weighted by Gasteiger charge is -2.12. The molecule has 2 N–H and O–H groups in total. The van der Waals surface area contributed by atoms with E-state index in [1.165, 1.54) is 47.3 Å². The van der Waals surface area contributed by atoms with Gasteiger partial charge in [0.2, 0.25) is 0 Å². The predicted molar refractivity (Wildman–Crippen MR) is 125 cm³/mol. The first-order valence-corrected chi connectivity index (χ1v) is 10.5. The highest BCUT2D eigenvalue weighted by atomic mass is 19.1. The maximum atomic E-state index is 15.2. The lowest BCUT2D eigenvalue weighted by atomic mass is 10.0. The van der Waals surface area contributed by atoms with Crippen molar-refractivity contribution in [3.8, 4) is 5.82 Å². The summed E-state index contributed by atoms with van der Waals surface area (Å²) in [5.74, 6) is -3.50. The molecule has 0 aliphatic rings. The molecule has 2 heterocycles. The molecule has 8 nitrogen and oxygen atoms in total. The molecule has 0 unspecified atom stereocenters. The third-order valence-corrected chi connectivity index (χ3v) is 5.18. The second-order valence-corrected chi connectivity index (χ2v) is 7.58. The van der Waals surface area contributed by atoms with E-state index in [-0.39, 0.29) is 11.3 Å². The standard InChI is InChI=1S/C25H15F3N6O2/c26-15-3-1-4-16(12-15)31-25(36)33-19-8-6-17(27)22(23(19)28)24(35)14-5-7-18-20(11-14)32-21(13-29-18)34-10-2-9-30-34/h1-13H,(H2,31,33,36). The lowest BCUT2D eigenvalue weighted by Crippen LogP contribution is -2.21. The number of amides is 2. The molecule has 2 aromatic heterocycles. The van der Waals surface area contributed by atoms with Crippen molar-refractivity contribution in [2.75, 3.05) is 10.6 Å². The molecule has 0 fully saturated rings. The van der Waals surface area contributed by atoms with E-state index >= 15 is 4.39 Å². The van der Waals surface area contributed by atoms with Gasteiger partial charge in [-0.3, -0.25) is 9.78 Å². The fraction of sp³-hybridized carbons (Fsp3) is 0. The number of urea groups is 1. The molecule has 5 rings (SSSR count). The van der Waals surface area contributed by atoms with Crippen LogP contribution in [0.25, 0.3) is 16.9 Å². The molecule has 178 valence electrons. The van der Waals surface area contributed by atoms with Crippen molar-refractivity contribution in [1.29, 1.82) is 0 Å². The number of nitrogens with one attached hydrogen (secondary N) is 2. The third-order valence-electron chi connectivity index (χ3n) is 5.18. The molecule has 0 atom stereocenters. The molecule has 0 aliphatic carbocycles. The zero-order chi connectivity index (χ0) is 25.2. The maximum absolute atomic E-state index is 15.2. The molecule has 0 aliphatic heterocycles. The average molecular weight is 488 g/mol.